The number of carbonyl (C=O) groups is 3. The summed E-state index contributed by atoms with van der Waals surface area (Å²) in [6, 6.07) is 7.21. The molecule has 2 aromatic rings. The minimum atomic E-state index is -1.11. The third-order valence-electron chi connectivity index (χ3n) is 6.91. The molecule has 34 heavy (non-hydrogen) atoms. The van der Waals surface area contributed by atoms with Gasteiger partial charge in [0.15, 0.2) is 5.58 Å². The van der Waals surface area contributed by atoms with E-state index in [1.165, 1.54) is 24.2 Å². The summed E-state index contributed by atoms with van der Waals surface area (Å²) in [5, 5.41) is 9.56. The second kappa shape index (κ2) is 11.5. The van der Waals surface area contributed by atoms with E-state index in [0.29, 0.717) is 43.2 Å². The number of Topliss-reactive ketones (excluding diaryl/α,β-unsaturated/α-hetero) is 1. The van der Waals surface area contributed by atoms with Gasteiger partial charge in [-0.1, -0.05) is 31.4 Å². The molecular weight excluding hydrogens is 438 g/mol. The van der Waals surface area contributed by atoms with Crippen LogP contribution in [0.5, 0.6) is 0 Å². The number of hydrogen-bond donors (Lipinski definition) is 1. The van der Waals surface area contributed by atoms with Gasteiger partial charge >= 0.3 is 6.09 Å². The molecule has 4 rings (SSSR count). The van der Waals surface area contributed by atoms with Crippen LogP contribution in [0, 0.1) is 5.92 Å². The molecular formula is C25H33N3O6. The zero-order valence-corrected chi connectivity index (χ0v) is 19.5. The van der Waals surface area contributed by atoms with Crippen molar-refractivity contribution in [1.82, 2.24) is 14.8 Å². The molecule has 9 nitrogen and oxygen atoms in total. The number of nitrogens with zero attached hydrogens (tertiary/aromatic N) is 3. The summed E-state index contributed by atoms with van der Waals surface area (Å²) in [5.74, 6) is 0.197. The predicted molar refractivity (Wildman–Crippen MR) is 125 cm³/mol. The highest BCUT2D eigenvalue weighted by Gasteiger charge is 2.34. The zero-order valence-electron chi connectivity index (χ0n) is 19.5. The van der Waals surface area contributed by atoms with E-state index in [0.717, 1.165) is 12.8 Å². The molecule has 2 amide bonds. The van der Waals surface area contributed by atoms with Gasteiger partial charge in [-0.05, 0) is 37.3 Å². The van der Waals surface area contributed by atoms with Crippen LogP contribution in [0.3, 0.4) is 0 Å². The van der Waals surface area contributed by atoms with Crippen LogP contribution in [0.2, 0.25) is 0 Å². The molecule has 2 aliphatic rings. The van der Waals surface area contributed by atoms with Crippen LogP contribution in [0.25, 0.3) is 11.1 Å². The fourth-order valence-corrected chi connectivity index (χ4v) is 5.04. The van der Waals surface area contributed by atoms with Gasteiger partial charge in [0, 0.05) is 32.5 Å². The third kappa shape index (κ3) is 5.94. The van der Waals surface area contributed by atoms with Crippen molar-refractivity contribution in [3.63, 3.8) is 0 Å². The van der Waals surface area contributed by atoms with Crippen LogP contribution in [0.15, 0.2) is 28.7 Å². The second-order valence-electron chi connectivity index (χ2n) is 9.16. The van der Waals surface area contributed by atoms with E-state index in [9.17, 15) is 19.5 Å². The number of ether oxygens (including phenoxy) is 1. The normalized spacial score (nSPS) is 19.3. The Labute approximate surface area is 199 Å². The maximum absolute atomic E-state index is 13.0. The number of para-hydroxylation sites is 2. The number of morpholine rings is 1. The van der Waals surface area contributed by atoms with Crippen LogP contribution in [-0.2, 0) is 9.53 Å². The number of hydrogen-bond acceptors (Lipinski definition) is 6. The number of amides is 2. The van der Waals surface area contributed by atoms with Gasteiger partial charge in [0.1, 0.15) is 5.52 Å². The van der Waals surface area contributed by atoms with Crippen LogP contribution in [-0.4, -0.2) is 76.6 Å². The summed E-state index contributed by atoms with van der Waals surface area (Å²) in [6.07, 6.45) is 5.51. The molecule has 1 atom stereocenters. The van der Waals surface area contributed by atoms with E-state index >= 15 is 0 Å². The Kier molecular flexibility index (Phi) is 8.16. The molecule has 0 radical (unpaired) electrons. The molecule has 0 spiro atoms. The third-order valence-corrected chi connectivity index (χ3v) is 6.91. The van der Waals surface area contributed by atoms with Crippen LogP contribution in [0.1, 0.15) is 62.1 Å². The lowest BCUT2D eigenvalue weighted by Gasteiger charge is -2.41. The van der Waals surface area contributed by atoms with Gasteiger partial charge in [-0.15, -0.1) is 0 Å². The second-order valence-corrected chi connectivity index (χ2v) is 9.16. The molecule has 1 saturated heterocycles. The van der Waals surface area contributed by atoms with Crippen molar-refractivity contribution in [2.75, 3.05) is 32.8 Å². The smallest absolute Gasteiger partial charge is 0.407 e. The van der Waals surface area contributed by atoms with Crippen LogP contribution >= 0.6 is 0 Å². The van der Waals surface area contributed by atoms with Gasteiger partial charge < -0.3 is 24.1 Å². The van der Waals surface area contributed by atoms with Gasteiger partial charge in [-0.3, -0.25) is 9.59 Å². The molecule has 1 aliphatic carbocycles. The molecule has 1 aromatic carbocycles. The number of oxazole rings is 1. The number of rotatable bonds is 9. The van der Waals surface area contributed by atoms with Gasteiger partial charge in [0.25, 0.3) is 5.89 Å². The Morgan fingerprint density at radius 1 is 1.09 bits per heavy atom. The summed E-state index contributed by atoms with van der Waals surface area (Å²) in [4.78, 5) is 44.4. The molecule has 9 heteroatoms. The van der Waals surface area contributed by atoms with Gasteiger partial charge in [0.2, 0.25) is 11.7 Å². The zero-order chi connectivity index (χ0) is 23.9. The highest BCUT2D eigenvalue weighted by atomic mass is 16.5. The first-order chi connectivity index (χ1) is 16.5. The SMILES string of the molecule is O=C(CCN(CCCC(=O)N1CCOCC1C1CCCCC1)C(=O)O)c1nc2ccccc2o1. The van der Waals surface area contributed by atoms with Crippen molar-refractivity contribution < 1.29 is 28.6 Å². The lowest BCUT2D eigenvalue weighted by atomic mass is 9.83. The number of carboxylic acid groups (broad SMARTS) is 1. The number of benzene rings is 1. The predicted octanol–water partition coefficient (Wildman–Crippen LogP) is 3.97. The largest absolute Gasteiger partial charge is 0.465 e. The molecule has 1 aromatic heterocycles. The van der Waals surface area contributed by atoms with Gasteiger partial charge in [0.05, 0.1) is 19.3 Å². The monoisotopic (exact) mass is 471 g/mol. The molecule has 2 heterocycles. The van der Waals surface area contributed by atoms with Gasteiger partial charge in [-0.25, -0.2) is 9.78 Å². The Bertz CT molecular complexity index is 966. The quantitative estimate of drug-likeness (QED) is 0.551. The lowest BCUT2D eigenvalue weighted by Crippen LogP contribution is -2.52. The average Bonchev–Trinajstić information content (AvgIpc) is 3.30. The first kappa shape index (κ1) is 24.2. The standard InChI is InChI=1S/C25H33N3O6/c29-21(24-26-19-9-4-5-10-22(19)34-24)12-14-27(25(31)32)13-6-11-23(30)28-15-16-33-17-20(28)18-7-2-1-3-8-18/h4-5,9-10,18,20H,1-3,6-8,11-17H2,(H,31,32). The van der Waals surface area contributed by atoms with E-state index in [1.807, 2.05) is 4.90 Å². The van der Waals surface area contributed by atoms with E-state index in [1.54, 1.807) is 24.3 Å². The molecule has 1 unspecified atom stereocenters. The fourth-order valence-electron chi connectivity index (χ4n) is 5.04. The van der Waals surface area contributed by atoms with Crippen LogP contribution < -0.4 is 0 Å². The Hall–Kier alpha value is -2.94. The molecule has 184 valence electrons. The van der Waals surface area contributed by atoms with E-state index in [4.69, 9.17) is 9.15 Å². The lowest BCUT2D eigenvalue weighted by molar-refractivity contribution is -0.143. The average molecular weight is 472 g/mol. The van der Waals surface area contributed by atoms with Crippen molar-refractivity contribution in [1.29, 1.82) is 0 Å². The Morgan fingerprint density at radius 3 is 2.65 bits per heavy atom. The molecule has 1 saturated carbocycles. The summed E-state index contributed by atoms with van der Waals surface area (Å²) in [7, 11) is 0. The van der Waals surface area contributed by atoms with Gasteiger partial charge in [-0.2, -0.15) is 0 Å². The highest BCUT2D eigenvalue weighted by molar-refractivity contribution is 5.94. The van der Waals surface area contributed by atoms with Crippen molar-refractivity contribution in [3.05, 3.63) is 30.2 Å². The maximum atomic E-state index is 13.0. The fraction of sp³-hybridized carbons (Fsp3) is 0.600. The maximum Gasteiger partial charge on any atom is 0.407 e. The minimum Gasteiger partial charge on any atom is -0.465 e. The van der Waals surface area contributed by atoms with Crippen LogP contribution in [0.4, 0.5) is 4.79 Å². The van der Waals surface area contributed by atoms with E-state index in [-0.39, 0.29) is 49.6 Å². The molecule has 0 bridgehead atoms. The summed E-state index contributed by atoms with van der Waals surface area (Å²) in [6.45, 7) is 1.97. The topological polar surface area (TPSA) is 113 Å². The van der Waals surface area contributed by atoms with Crippen molar-refractivity contribution >= 4 is 28.9 Å². The number of aromatic nitrogens is 1. The van der Waals surface area contributed by atoms with Crippen molar-refractivity contribution in [3.8, 4) is 0 Å². The molecule has 2 fully saturated rings. The molecule has 1 aliphatic heterocycles. The Balaban J connectivity index is 1.26. The number of fused-ring (bicyclic) bond motifs is 1. The first-order valence-electron chi connectivity index (χ1n) is 12.3. The first-order valence-corrected chi connectivity index (χ1v) is 12.3. The number of ketones is 1. The van der Waals surface area contributed by atoms with Crippen molar-refractivity contribution in [2.45, 2.75) is 57.4 Å². The van der Waals surface area contributed by atoms with Crippen molar-refractivity contribution in [2.24, 2.45) is 5.92 Å². The van der Waals surface area contributed by atoms with E-state index in [2.05, 4.69) is 4.98 Å². The number of carbonyl (C=O) groups excluding carboxylic acids is 2. The Morgan fingerprint density at radius 2 is 1.88 bits per heavy atom. The molecule has 1 N–H and O–H groups in total. The minimum absolute atomic E-state index is 0.0113. The highest BCUT2D eigenvalue weighted by Crippen LogP contribution is 2.31. The summed E-state index contributed by atoms with van der Waals surface area (Å²) < 4.78 is 11.2. The summed E-state index contributed by atoms with van der Waals surface area (Å²) >= 11 is 0. The summed E-state index contributed by atoms with van der Waals surface area (Å²) in [5.41, 5.74) is 1.11. The van der Waals surface area contributed by atoms with E-state index < -0.39 is 6.09 Å².